The third kappa shape index (κ3) is 14.7. The molecule has 329 valence electrons. The van der Waals surface area contributed by atoms with Gasteiger partial charge in [-0.05, 0) is 130 Å². The highest BCUT2D eigenvalue weighted by molar-refractivity contribution is 14.1. The highest BCUT2D eigenvalue weighted by atomic mass is 127. The molecule has 1 radical (unpaired) electrons. The van der Waals surface area contributed by atoms with Crippen molar-refractivity contribution in [2.24, 2.45) is 0 Å². The number of hydrogen-bond acceptors (Lipinski definition) is 11. The lowest BCUT2D eigenvalue weighted by Crippen LogP contribution is -2.49. The van der Waals surface area contributed by atoms with Gasteiger partial charge in [0.25, 0.3) is 0 Å². The van der Waals surface area contributed by atoms with Crippen molar-refractivity contribution in [1.29, 1.82) is 0 Å². The average molecular weight is 988 g/mol. The van der Waals surface area contributed by atoms with Crippen molar-refractivity contribution in [2.45, 2.75) is 51.2 Å². The van der Waals surface area contributed by atoms with Gasteiger partial charge >= 0.3 is 31.8 Å². The minimum absolute atomic E-state index is 0.0467. The summed E-state index contributed by atoms with van der Waals surface area (Å²) < 4.78 is 87.6. The fourth-order valence-electron chi connectivity index (χ4n) is 4.86. The monoisotopic (exact) mass is 987 g/mol. The molecular formula is C43H39BF6IN6O6. The van der Waals surface area contributed by atoms with Crippen LogP contribution in [0.3, 0.4) is 0 Å². The number of ether oxygens (including phenoxy) is 1. The number of carboxylic acids is 1. The van der Waals surface area contributed by atoms with Crippen LogP contribution in [-0.2, 0) is 21.7 Å². The first kappa shape index (κ1) is 49.5. The van der Waals surface area contributed by atoms with Crippen molar-refractivity contribution in [3.8, 4) is 11.4 Å². The fraction of sp³-hybridized carbons (Fsp3) is 0.209. The molecule has 4 N–H and O–H groups in total. The number of carboxylic acid groups (broad SMARTS) is 1. The predicted molar refractivity (Wildman–Crippen MR) is 233 cm³/mol. The second-order valence-electron chi connectivity index (χ2n) is 14.2. The Morgan fingerprint density at radius 3 is 1.56 bits per heavy atom. The number of aromatic nitrogens is 4. The van der Waals surface area contributed by atoms with E-state index in [-0.39, 0.29) is 11.1 Å². The van der Waals surface area contributed by atoms with Gasteiger partial charge in [-0.15, -0.1) is 0 Å². The van der Waals surface area contributed by atoms with E-state index in [1.807, 2.05) is 0 Å². The Morgan fingerprint density at radius 2 is 1.13 bits per heavy atom. The van der Waals surface area contributed by atoms with Gasteiger partial charge in [-0.25, -0.2) is 29.5 Å². The van der Waals surface area contributed by atoms with E-state index in [4.69, 9.17) is 9.39 Å². The largest absolute Gasteiger partial charge is 0.478 e. The molecule has 63 heavy (non-hydrogen) atoms. The summed E-state index contributed by atoms with van der Waals surface area (Å²) in [6.45, 7) is 6.62. The summed E-state index contributed by atoms with van der Waals surface area (Å²) in [6, 6.07) is 21.5. The zero-order valence-electron chi connectivity index (χ0n) is 34.1. The number of nitrogens with zero attached hydrogens (tertiary/aromatic N) is 4. The van der Waals surface area contributed by atoms with E-state index in [9.17, 15) is 46.1 Å². The van der Waals surface area contributed by atoms with Gasteiger partial charge in [0, 0.05) is 75.7 Å². The lowest BCUT2D eigenvalue weighted by molar-refractivity contribution is -0.138. The van der Waals surface area contributed by atoms with E-state index in [2.05, 4.69) is 53.2 Å². The summed E-state index contributed by atoms with van der Waals surface area (Å²) in [4.78, 5) is 39.0. The fourth-order valence-corrected chi connectivity index (χ4v) is 5.18. The number of carbonyl (C=O) groups excluding carboxylic acids is 1. The van der Waals surface area contributed by atoms with Crippen LogP contribution in [-0.4, -0.2) is 67.9 Å². The lowest BCUT2D eigenvalue weighted by atomic mass is 9.81. The summed E-state index contributed by atoms with van der Waals surface area (Å²) in [5, 5.41) is 25.4. The molecule has 6 rings (SSSR count). The van der Waals surface area contributed by atoms with Crippen molar-refractivity contribution in [2.75, 3.05) is 17.7 Å². The number of benzene rings is 4. The van der Waals surface area contributed by atoms with Crippen LogP contribution in [0.25, 0.3) is 11.4 Å². The van der Waals surface area contributed by atoms with Crippen LogP contribution in [0.4, 0.5) is 49.1 Å². The molecule has 12 nitrogen and oxygen atoms in total. The van der Waals surface area contributed by atoms with Crippen LogP contribution in [0.5, 0.6) is 0 Å². The van der Waals surface area contributed by atoms with Crippen molar-refractivity contribution in [1.82, 2.24) is 19.9 Å². The number of aliphatic hydroxyl groups is 1. The Bertz CT molecular complexity index is 2440. The SMILES string of the molecule is COC(=O)c1ccc(Nc2ccc(C(F)(F)F)cc2)c([B]OC(C)(C)C(C)(C)O)c1.Ic1ncccn1.O=C(O)c1ccc(Nc2ccc(C(F)(F)F)cc2)c(-c2ncccn2)c1. The van der Waals surface area contributed by atoms with Crippen molar-refractivity contribution >= 4 is 70.2 Å². The van der Waals surface area contributed by atoms with E-state index < -0.39 is 46.6 Å². The Labute approximate surface area is 372 Å². The Morgan fingerprint density at radius 1 is 0.667 bits per heavy atom. The van der Waals surface area contributed by atoms with Gasteiger partial charge in [0.1, 0.15) is 0 Å². The predicted octanol–water partition coefficient (Wildman–Crippen LogP) is 9.73. The molecule has 0 saturated heterocycles. The molecule has 0 aliphatic heterocycles. The molecule has 0 aliphatic carbocycles. The third-order valence-corrected chi connectivity index (χ3v) is 9.57. The molecule has 0 unspecified atom stereocenters. The highest BCUT2D eigenvalue weighted by Crippen LogP contribution is 2.33. The maximum atomic E-state index is 12.8. The standard InChI is InChI=1S/C21H24BF3NO4.C18H12F3N3O2.C4H3IN2/c1-19(2,28)20(3,4)30-22-16-12-13(18(27)29-5)6-11-17(16)26-15-9-7-14(8-10-15)21(23,24)25;19-18(20,21)12-3-5-13(6-4-12)24-15-7-2-11(17(25)26)10-14(15)16-22-8-1-9-23-16;5-4-6-2-1-3-7-4/h6-12,26,28H,1-5H3;1-10,24H,(H,25,26);1-3H. The quantitative estimate of drug-likeness (QED) is 0.0319. The molecule has 0 spiro atoms. The summed E-state index contributed by atoms with van der Waals surface area (Å²) in [5.74, 6) is -1.36. The first-order valence-electron chi connectivity index (χ1n) is 18.4. The van der Waals surface area contributed by atoms with Crippen LogP contribution in [0.1, 0.15) is 59.5 Å². The second kappa shape index (κ2) is 21.3. The Balaban J connectivity index is 0.000000240. The first-order valence-corrected chi connectivity index (χ1v) is 19.5. The normalized spacial score (nSPS) is 11.5. The van der Waals surface area contributed by atoms with Crippen molar-refractivity contribution in [3.63, 3.8) is 0 Å². The van der Waals surface area contributed by atoms with Gasteiger partial charge in [-0.1, -0.05) is 0 Å². The topological polar surface area (TPSA) is 169 Å². The molecule has 0 bridgehead atoms. The van der Waals surface area contributed by atoms with Gasteiger partial charge < -0.3 is 30.2 Å². The Hall–Kier alpha value is -6.13. The molecule has 2 heterocycles. The molecule has 0 fully saturated rings. The Kier molecular flexibility index (Phi) is 16.7. The maximum Gasteiger partial charge on any atom is 0.416 e. The molecule has 0 saturated carbocycles. The number of anilines is 4. The highest BCUT2D eigenvalue weighted by Gasteiger charge is 2.36. The number of nitrogens with one attached hydrogen (secondary N) is 2. The number of rotatable bonds is 11. The van der Waals surface area contributed by atoms with Crippen LogP contribution < -0.4 is 16.1 Å². The molecular weight excluding hydrogens is 948 g/mol. The minimum atomic E-state index is -4.42. The van der Waals surface area contributed by atoms with Crippen LogP contribution in [0, 0.1) is 3.83 Å². The molecule has 0 atom stereocenters. The molecule has 0 aliphatic rings. The summed E-state index contributed by atoms with van der Waals surface area (Å²) in [6.07, 6.45) is -2.38. The molecule has 4 aromatic carbocycles. The van der Waals surface area contributed by atoms with Gasteiger partial charge in [0.15, 0.2) is 9.66 Å². The smallest absolute Gasteiger partial charge is 0.416 e. The summed E-state index contributed by atoms with van der Waals surface area (Å²) in [5.41, 5.74) is -0.632. The number of halogens is 7. The molecule has 0 amide bonds. The van der Waals surface area contributed by atoms with Crippen LogP contribution in [0.2, 0.25) is 0 Å². The maximum absolute atomic E-state index is 12.8. The van der Waals surface area contributed by atoms with Gasteiger partial charge in [0.2, 0.25) is 0 Å². The third-order valence-electron chi connectivity index (χ3n) is 9.02. The van der Waals surface area contributed by atoms with Gasteiger partial charge in [-0.2, -0.15) is 26.3 Å². The minimum Gasteiger partial charge on any atom is -0.478 e. The summed E-state index contributed by atoms with van der Waals surface area (Å²) >= 11 is 2.06. The molecule has 20 heteroatoms. The van der Waals surface area contributed by atoms with Crippen LogP contribution in [0.15, 0.2) is 122 Å². The molecule has 2 aromatic heterocycles. The lowest BCUT2D eigenvalue weighted by Gasteiger charge is -2.37. The first-order chi connectivity index (χ1) is 29.5. The molecule has 6 aromatic rings. The average Bonchev–Trinajstić information content (AvgIpc) is 3.23. The zero-order chi connectivity index (χ0) is 46.6. The second-order valence-corrected chi connectivity index (χ2v) is 15.1. The van der Waals surface area contributed by atoms with Crippen molar-refractivity contribution < 1.29 is 55.5 Å². The van der Waals surface area contributed by atoms with E-state index in [0.717, 1.165) is 28.1 Å². The number of alkyl halides is 6. The number of methoxy groups -OCH3 is 1. The summed E-state index contributed by atoms with van der Waals surface area (Å²) in [7, 11) is 2.64. The number of esters is 1. The van der Waals surface area contributed by atoms with E-state index >= 15 is 0 Å². The van der Waals surface area contributed by atoms with Crippen molar-refractivity contribution in [3.05, 3.63) is 148 Å². The number of hydrogen-bond donors (Lipinski definition) is 4. The van der Waals surface area contributed by atoms with Gasteiger partial charge in [0.05, 0.1) is 40.6 Å². The van der Waals surface area contributed by atoms with E-state index in [0.29, 0.717) is 39.6 Å². The zero-order valence-corrected chi connectivity index (χ0v) is 36.2. The van der Waals surface area contributed by atoms with Gasteiger partial charge in [-0.3, -0.25) is 0 Å². The number of aromatic carboxylic acids is 1. The van der Waals surface area contributed by atoms with E-state index in [1.165, 1.54) is 81.6 Å². The van der Waals surface area contributed by atoms with E-state index in [1.54, 1.807) is 58.3 Å². The number of carbonyl (C=O) groups is 2. The van der Waals surface area contributed by atoms with Crippen LogP contribution >= 0.6 is 22.6 Å².